The summed E-state index contributed by atoms with van der Waals surface area (Å²) in [5, 5.41) is 23.9. The van der Waals surface area contributed by atoms with Crippen LogP contribution in [0.1, 0.15) is 64.9 Å². The van der Waals surface area contributed by atoms with E-state index in [0.29, 0.717) is 0 Å². The van der Waals surface area contributed by atoms with E-state index >= 15 is 0 Å². The topological polar surface area (TPSA) is 58.9 Å². The molecule has 2 N–H and O–H groups in total. The minimum atomic E-state index is -0.503. The summed E-state index contributed by atoms with van der Waals surface area (Å²) in [6.45, 7) is 11.8. The maximum absolute atomic E-state index is 9.98. The molecule has 1 saturated heterocycles. The minimum absolute atomic E-state index is 0.359. The number of hydrogen-bond donors (Lipinski definition) is 2. The zero-order chi connectivity index (χ0) is 26.3. The summed E-state index contributed by atoms with van der Waals surface area (Å²) >= 11 is 3.50. The van der Waals surface area contributed by atoms with Gasteiger partial charge < -0.3 is 19.5 Å². The summed E-state index contributed by atoms with van der Waals surface area (Å²) in [5.74, 6) is 0. The molecule has 1 heterocycles. The van der Waals surface area contributed by atoms with Crippen LogP contribution in [0.2, 0.25) is 0 Å². The minimum Gasteiger partial charge on any atom is -0.399 e. The average molecular weight is 549 g/mol. The van der Waals surface area contributed by atoms with Crippen molar-refractivity contribution in [3.05, 3.63) is 88.4 Å². The third kappa shape index (κ3) is 5.11. The van der Waals surface area contributed by atoms with Crippen molar-refractivity contribution in [2.45, 2.75) is 65.0 Å². The van der Waals surface area contributed by atoms with Crippen LogP contribution in [0.3, 0.4) is 0 Å². The van der Waals surface area contributed by atoms with Gasteiger partial charge in [-0.1, -0.05) is 82.7 Å². The molecule has 5 rings (SSSR count). The molecule has 188 valence electrons. The third-order valence-corrected chi connectivity index (χ3v) is 7.99. The number of hydrogen-bond acceptors (Lipinski definition) is 4. The van der Waals surface area contributed by atoms with Gasteiger partial charge in [0.25, 0.3) is 0 Å². The number of aliphatic hydroxyl groups excluding tert-OH is 2. The molecule has 0 saturated carbocycles. The Balaban J connectivity index is 0.000000187. The molecule has 2 atom stereocenters. The second-order valence-electron chi connectivity index (χ2n) is 10.4. The van der Waals surface area contributed by atoms with Crippen LogP contribution >= 0.6 is 15.9 Å². The van der Waals surface area contributed by atoms with Crippen molar-refractivity contribution in [3.8, 4) is 0 Å². The van der Waals surface area contributed by atoms with E-state index in [4.69, 9.17) is 9.31 Å². The first-order valence-electron chi connectivity index (χ1n) is 12.3. The molecule has 36 heavy (non-hydrogen) atoms. The Hall–Kier alpha value is -2.22. The van der Waals surface area contributed by atoms with Crippen molar-refractivity contribution in [1.82, 2.24) is 0 Å². The predicted molar refractivity (Wildman–Crippen MR) is 153 cm³/mol. The van der Waals surface area contributed by atoms with Gasteiger partial charge in [-0.25, -0.2) is 0 Å². The van der Waals surface area contributed by atoms with Crippen LogP contribution in [0.25, 0.3) is 21.5 Å². The van der Waals surface area contributed by atoms with Gasteiger partial charge in [0.2, 0.25) is 0 Å². The summed E-state index contributed by atoms with van der Waals surface area (Å²) in [6, 6.07) is 24.0. The monoisotopic (exact) mass is 548 g/mol. The summed E-state index contributed by atoms with van der Waals surface area (Å²) in [4.78, 5) is 0. The Kier molecular flexibility index (Phi) is 7.66. The van der Waals surface area contributed by atoms with Crippen LogP contribution in [0.15, 0.2) is 77.3 Å². The normalized spacial score (nSPS) is 18.1. The third-order valence-electron chi connectivity index (χ3n) is 7.30. The summed E-state index contributed by atoms with van der Waals surface area (Å²) < 4.78 is 13.4. The van der Waals surface area contributed by atoms with Crippen LogP contribution < -0.4 is 5.46 Å². The van der Waals surface area contributed by atoms with E-state index in [1.165, 1.54) is 0 Å². The molecule has 0 aromatic heterocycles. The van der Waals surface area contributed by atoms with Gasteiger partial charge >= 0.3 is 7.12 Å². The number of fused-ring (bicyclic) bond motifs is 2. The highest BCUT2D eigenvalue weighted by Crippen LogP contribution is 2.37. The van der Waals surface area contributed by atoms with E-state index in [0.717, 1.165) is 42.6 Å². The standard InChI is InChI=1S/C18H23BO3.C12H11BrO/c1-12(20)13-8-6-10-15-14(13)9-7-11-16(15)19-21-17(2,3)18(4,5)22-19;1-8(14)9-4-2-6-11-10(9)5-3-7-12(11)13/h6-12,20H,1-5H3;2-8,14H,1H3. The van der Waals surface area contributed by atoms with Crippen molar-refractivity contribution in [2.24, 2.45) is 0 Å². The second kappa shape index (κ2) is 10.3. The predicted octanol–water partition coefficient (Wildman–Crippen LogP) is 6.85. The Morgan fingerprint density at radius 1 is 0.639 bits per heavy atom. The van der Waals surface area contributed by atoms with Crippen LogP contribution in [-0.4, -0.2) is 28.5 Å². The molecule has 1 aliphatic heterocycles. The first-order valence-corrected chi connectivity index (χ1v) is 13.1. The molecule has 4 nitrogen and oxygen atoms in total. The van der Waals surface area contributed by atoms with Crippen molar-refractivity contribution in [3.63, 3.8) is 0 Å². The quantitative estimate of drug-likeness (QED) is 0.275. The molecular weight excluding hydrogens is 515 g/mol. The smallest absolute Gasteiger partial charge is 0.399 e. The highest BCUT2D eigenvalue weighted by Gasteiger charge is 2.52. The van der Waals surface area contributed by atoms with Gasteiger partial charge in [0.15, 0.2) is 0 Å². The van der Waals surface area contributed by atoms with Crippen molar-refractivity contribution < 1.29 is 19.5 Å². The highest BCUT2D eigenvalue weighted by atomic mass is 79.9. The number of benzene rings is 4. The first kappa shape index (κ1) is 26.8. The number of rotatable bonds is 3. The second-order valence-corrected chi connectivity index (χ2v) is 11.3. The fourth-order valence-corrected chi connectivity index (χ4v) is 5.06. The lowest BCUT2D eigenvalue weighted by Gasteiger charge is -2.32. The molecule has 1 aliphatic rings. The van der Waals surface area contributed by atoms with Crippen LogP contribution in [0, 0.1) is 0 Å². The van der Waals surface area contributed by atoms with Gasteiger partial charge in [0, 0.05) is 4.47 Å². The van der Waals surface area contributed by atoms with E-state index in [1.54, 1.807) is 13.8 Å². The summed E-state index contributed by atoms with van der Waals surface area (Å²) in [6.07, 6.45) is -0.926. The zero-order valence-corrected chi connectivity index (χ0v) is 23.3. The summed E-state index contributed by atoms with van der Waals surface area (Å²) in [7, 11) is -0.391. The Morgan fingerprint density at radius 3 is 1.58 bits per heavy atom. The molecule has 4 aromatic rings. The maximum atomic E-state index is 9.98. The first-order chi connectivity index (χ1) is 16.9. The molecule has 2 unspecified atom stereocenters. The molecule has 6 heteroatoms. The fourth-order valence-electron chi connectivity index (χ4n) is 4.56. The lowest BCUT2D eigenvalue weighted by Crippen LogP contribution is -2.41. The van der Waals surface area contributed by atoms with Gasteiger partial charge in [0.05, 0.1) is 23.4 Å². The average Bonchev–Trinajstić information content (AvgIpc) is 3.05. The Bertz CT molecular complexity index is 1360. The van der Waals surface area contributed by atoms with Crippen molar-refractivity contribution >= 4 is 50.1 Å². The summed E-state index contributed by atoms with van der Waals surface area (Å²) in [5.41, 5.74) is 2.20. The van der Waals surface area contributed by atoms with Gasteiger partial charge in [-0.15, -0.1) is 0 Å². The zero-order valence-electron chi connectivity index (χ0n) is 21.7. The molecule has 0 aliphatic carbocycles. The Morgan fingerprint density at radius 2 is 1.06 bits per heavy atom. The lowest BCUT2D eigenvalue weighted by molar-refractivity contribution is 0.00578. The van der Waals surface area contributed by atoms with Gasteiger partial charge in [0.1, 0.15) is 0 Å². The van der Waals surface area contributed by atoms with Gasteiger partial charge in [-0.3, -0.25) is 0 Å². The van der Waals surface area contributed by atoms with E-state index in [2.05, 4.69) is 49.7 Å². The Labute approximate surface area is 222 Å². The van der Waals surface area contributed by atoms with Crippen molar-refractivity contribution in [1.29, 1.82) is 0 Å². The largest absolute Gasteiger partial charge is 0.495 e. The maximum Gasteiger partial charge on any atom is 0.495 e. The molecule has 0 spiro atoms. The fraction of sp³-hybridized carbons (Fsp3) is 0.333. The molecule has 0 radical (unpaired) electrons. The van der Waals surface area contributed by atoms with E-state index < -0.39 is 19.3 Å². The SMILES string of the molecule is CC(O)c1cccc2c(B3OC(C)(C)C(C)(C)O3)cccc12.CC(O)c1cccc2c(Br)cccc12. The molecular formula is C30H34BBrO4. The van der Waals surface area contributed by atoms with E-state index in [-0.39, 0.29) is 11.2 Å². The molecule has 0 bridgehead atoms. The lowest BCUT2D eigenvalue weighted by atomic mass is 9.75. The van der Waals surface area contributed by atoms with E-state index in [9.17, 15) is 10.2 Å². The van der Waals surface area contributed by atoms with E-state index in [1.807, 2.05) is 66.7 Å². The molecule has 0 amide bonds. The highest BCUT2D eigenvalue weighted by molar-refractivity contribution is 9.10. The molecule has 4 aromatic carbocycles. The van der Waals surface area contributed by atoms with Crippen LogP contribution in [0.5, 0.6) is 0 Å². The van der Waals surface area contributed by atoms with Crippen LogP contribution in [0.4, 0.5) is 0 Å². The van der Waals surface area contributed by atoms with Crippen LogP contribution in [-0.2, 0) is 9.31 Å². The number of halogens is 1. The number of aliphatic hydroxyl groups is 2. The molecule has 1 fully saturated rings. The van der Waals surface area contributed by atoms with Gasteiger partial charge in [-0.2, -0.15) is 0 Å². The van der Waals surface area contributed by atoms with Gasteiger partial charge in [-0.05, 0) is 85.7 Å². The van der Waals surface area contributed by atoms with Crippen molar-refractivity contribution in [2.75, 3.05) is 0 Å².